The fourth-order valence-electron chi connectivity index (χ4n) is 4.59. The highest BCUT2D eigenvalue weighted by Gasteiger charge is 2.47. The molecular weight excluding hydrogens is 468 g/mol. The molecule has 3 aromatic carbocycles. The van der Waals surface area contributed by atoms with Crippen molar-refractivity contribution in [2.75, 3.05) is 11.5 Å². The van der Waals surface area contributed by atoms with Crippen LogP contribution < -0.4 is 4.90 Å². The number of benzene rings is 3. The van der Waals surface area contributed by atoms with Crippen molar-refractivity contribution in [1.82, 2.24) is 4.98 Å². The van der Waals surface area contributed by atoms with Crippen molar-refractivity contribution >= 4 is 39.9 Å². The van der Waals surface area contributed by atoms with E-state index in [9.17, 15) is 19.5 Å². The molecule has 1 aliphatic rings. The molecule has 7 heteroatoms. The van der Waals surface area contributed by atoms with Crippen LogP contribution in [0.3, 0.4) is 0 Å². The lowest BCUT2D eigenvalue weighted by Crippen LogP contribution is -2.29. The van der Waals surface area contributed by atoms with Crippen molar-refractivity contribution in [3.63, 3.8) is 0 Å². The number of rotatable bonds is 6. The van der Waals surface area contributed by atoms with Crippen LogP contribution in [0.1, 0.15) is 40.9 Å². The first-order chi connectivity index (χ1) is 18.0. The van der Waals surface area contributed by atoms with E-state index in [1.807, 2.05) is 37.3 Å². The molecule has 0 spiro atoms. The van der Waals surface area contributed by atoms with Crippen LogP contribution in [0.15, 0.2) is 96.8 Å². The Balaban J connectivity index is 1.69. The number of amides is 1. The topological polar surface area (TPSA) is 96.8 Å². The van der Waals surface area contributed by atoms with E-state index in [1.54, 1.807) is 54.9 Å². The third kappa shape index (κ3) is 4.36. The van der Waals surface area contributed by atoms with E-state index in [2.05, 4.69) is 4.98 Å². The number of fused-ring (bicyclic) bond motifs is 1. The molecule has 1 amide bonds. The highest BCUT2D eigenvalue weighted by molar-refractivity contribution is 6.51. The van der Waals surface area contributed by atoms with Crippen molar-refractivity contribution < 1.29 is 24.2 Å². The van der Waals surface area contributed by atoms with Crippen molar-refractivity contribution in [2.45, 2.75) is 19.4 Å². The second-order valence-electron chi connectivity index (χ2n) is 8.67. The number of aromatic nitrogens is 1. The quantitative estimate of drug-likeness (QED) is 0.167. The number of aliphatic hydroxyl groups excluding tert-OH is 1. The van der Waals surface area contributed by atoms with Crippen LogP contribution in [0, 0.1) is 0 Å². The number of aliphatic hydroxyl groups is 1. The highest BCUT2D eigenvalue weighted by Crippen LogP contribution is 2.42. The Kier molecular flexibility index (Phi) is 6.51. The van der Waals surface area contributed by atoms with E-state index in [0.29, 0.717) is 23.2 Å². The monoisotopic (exact) mass is 492 g/mol. The zero-order valence-electron chi connectivity index (χ0n) is 20.1. The lowest BCUT2D eigenvalue weighted by atomic mass is 9.94. The Morgan fingerprint density at radius 3 is 2.57 bits per heavy atom. The number of ether oxygens (including phenoxy) is 1. The van der Waals surface area contributed by atoms with Crippen LogP contribution in [0.25, 0.3) is 16.5 Å². The summed E-state index contributed by atoms with van der Waals surface area (Å²) in [7, 11) is 0. The first-order valence-electron chi connectivity index (χ1n) is 12.0. The Bertz CT molecular complexity index is 1540. The average Bonchev–Trinajstić information content (AvgIpc) is 3.21. The normalized spacial score (nSPS) is 16.8. The van der Waals surface area contributed by atoms with E-state index in [4.69, 9.17) is 4.74 Å². The third-order valence-electron chi connectivity index (χ3n) is 6.29. The fourth-order valence-corrected chi connectivity index (χ4v) is 4.59. The zero-order chi connectivity index (χ0) is 25.9. The van der Waals surface area contributed by atoms with Crippen molar-refractivity contribution in [3.05, 3.63) is 114 Å². The molecular formula is C30H24N2O5. The molecule has 1 N–H and O–H groups in total. The predicted molar refractivity (Wildman–Crippen MR) is 140 cm³/mol. The summed E-state index contributed by atoms with van der Waals surface area (Å²) < 4.78 is 5.24. The molecule has 4 aromatic rings. The van der Waals surface area contributed by atoms with Gasteiger partial charge in [-0.3, -0.25) is 19.5 Å². The molecule has 0 aliphatic carbocycles. The maximum absolute atomic E-state index is 13.5. The first kappa shape index (κ1) is 23.9. The Morgan fingerprint density at radius 2 is 1.78 bits per heavy atom. The first-order valence-corrected chi connectivity index (χ1v) is 12.0. The summed E-state index contributed by atoms with van der Waals surface area (Å²) in [4.78, 5) is 44.9. The molecule has 184 valence electrons. The Morgan fingerprint density at radius 1 is 1.00 bits per heavy atom. The van der Waals surface area contributed by atoms with Crippen molar-refractivity contribution in [3.8, 4) is 0 Å². The standard InChI is InChI=1S/C30H24N2O5/c1-2-16-37-30(36)20-10-5-12-22(17-20)32-26(21-11-7-15-31-18-21)25(28(34)29(32)35)27(33)24-14-6-9-19-8-3-4-13-23(19)24/h3-15,17-18,26,33H,2,16H2,1H3/b27-25-. The maximum atomic E-state index is 13.5. The van der Waals surface area contributed by atoms with Gasteiger partial charge in [0.25, 0.3) is 11.7 Å². The predicted octanol–water partition coefficient (Wildman–Crippen LogP) is 5.43. The summed E-state index contributed by atoms with van der Waals surface area (Å²) in [6.45, 7) is 2.17. The molecule has 1 atom stereocenters. The van der Waals surface area contributed by atoms with Gasteiger partial charge in [-0.1, -0.05) is 61.5 Å². The molecule has 5 rings (SSSR count). The minimum absolute atomic E-state index is 0.0479. The summed E-state index contributed by atoms with van der Waals surface area (Å²) in [5, 5.41) is 13.2. The lowest BCUT2D eigenvalue weighted by molar-refractivity contribution is -0.132. The second-order valence-corrected chi connectivity index (χ2v) is 8.67. The van der Waals surface area contributed by atoms with Crippen molar-refractivity contribution in [2.24, 2.45) is 0 Å². The molecule has 1 saturated heterocycles. The minimum Gasteiger partial charge on any atom is -0.507 e. The average molecular weight is 493 g/mol. The van der Waals surface area contributed by atoms with Gasteiger partial charge in [-0.15, -0.1) is 0 Å². The number of esters is 1. The number of carbonyl (C=O) groups is 3. The van der Waals surface area contributed by atoms with Crippen LogP contribution in [0.4, 0.5) is 5.69 Å². The molecule has 1 fully saturated rings. The van der Waals surface area contributed by atoms with Crippen LogP contribution >= 0.6 is 0 Å². The molecule has 7 nitrogen and oxygen atoms in total. The van der Waals surface area contributed by atoms with Crippen LogP contribution in [0.2, 0.25) is 0 Å². The van der Waals surface area contributed by atoms with Gasteiger partial charge >= 0.3 is 5.97 Å². The largest absolute Gasteiger partial charge is 0.507 e. The van der Waals surface area contributed by atoms with Gasteiger partial charge in [0, 0.05) is 23.6 Å². The summed E-state index contributed by atoms with van der Waals surface area (Å²) in [6.07, 6.45) is 3.82. The van der Waals surface area contributed by atoms with Crippen molar-refractivity contribution in [1.29, 1.82) is 0 Å². The molecule has 0 radical (unpaired) electrons. The van der Waals surface area contributed by atoms with E-state index in [-0.39, 0.29) is 23.5 Å². The smallest absolute Gasteiger partial charge is 0.338 e. The molecule has 1 aliphatic heterocycles. The number of hydrogen-bond acceptors (Lipinski definition) is 6. The number of pyridine rings is 1. The SMILES string of the molecule is CCCOC(=O)c1cccc(N2C(=O)C(=O)/C(=C(\O)c3cccc4ccccc34)C2c2cccnc2)c1. The van der Waals surface area contributed by atoms with Crippen LogP contribution in [-0.2, 0) is 14.3 Å². The fraction of sp³-hybridized carbons (Fsp3) is 0.133. The number of carbonyl (C=O) groups excluding carboxylic acids is 3. The summed E-state index contributed by atoms with van der Waals surface area (Å²) >= 11 is 0. The molecule has 1 unspecified atom stereocenters. The molecule has 2 heterocycles. The van der Waals surface area contributed by atoms with Gasteiger partial charge in [-0.2, -0.15) is 0 Å². The highest BCUT2D eigenvalue weighted by atomic mass is 16.5. The number of anilines is 1. The van der Waals surface area contributed by atoms with E-state index in [1.165, 1.54) is 11.0 Å². The summed E-state index contributed by atoms with van der Waals surface area (Å²) in [5.41, 5.74) is 1.53. The molecule has 0 bridgehead atoms. The summed E-state index contributed by atoms with van der Waals surface area (Å²) in [5.74, 6) is -2.42. The van der Waals surface area contributed by atoms with Crippen LogP contribution in [0.5, 0.6) is 0 Å². The van der Waals surface area contributed by atoms with E-state index in [0.717, 1.165) is 10.8 Å². The van der Waals surface area contributed by atoms with Gasteiger partial charge in [0.05, 0.1) is 23.8 Å². The van der Waals surface area contributed by atoms with Gasteiger partial charge < -0.3 is 9.84 Å². The van der Waals surface area contributed by atoms with Gasteiger partial charge in [0.2, 0.25) is 0 Å². The van der Waals surface area contributed by atoms with Gasteiger partial charge in [-0.25, -0.2) is 4.79 Å². The van der Waals surface area contributed by atoms with Gasteiger partial charge in [0.1, 0.15) is 5.76 Å². The van der Waals surface area contributed by atoms with E-state index < -0.39 is 23.7 Å². The van der Waals surface area contributed by atoms with E-state index >= 15 is 0 Å². The second kappa shape index (κ2) is 10.1. The number of hydrogen-bond donors (Lipinski definition) is 1. The Labute approximate surface area is 213 Å². The number of Topliss-reactive ketones (excluding diaryl/α,β-unsaturated/α-hetero) is 1. The molecule has 37 heavy (non-hydrogen) atoms. The third-order valence-corrected chi connectivity index (χ3v) is 6.29. The molecule has 1 aromatic heterocycles. The lowest BCUT2D eigenvalue weighted by Gasteiger charge is -2.25. The maximum Gasteiger partial charge on any atom is 0.338 e. The number of ketones is 1. The number of nitrogens with zero attached hydrogens (tertiary/aromatic N) is 2. The van der Waals surface area contributed by atoms with Gasteiger partial charge in [0.15, 0.2) is 0 Å². The van der Waals surface area contributed by atoms with Gasteiger partial charge in [-0.05, 0) is 47.0 Å². The van der Waals surface area contributed by atoms with Crippen LogP contribution in [-0.4, -0.2) is 34.4 Å². The zero-order valence-corrected chi connectivity index (χ0v) is 20.1. The minimum atomic E-state index is -0.949. The Hall–Kier alpha value is -4.78. The molecule has 0 saturated carbocycles. The summed E-state index contributed by atoms with van der Waals surface area (Å²) in [6, 6.07) is 21.8.